The van der Waals surface area contributed by atoms with Crippen LogP contribution in [0.4, 0.5) is 11.4 Å². The molecular formula is C22H28N2O6. The van der Waals surface area contributed by atoms with Crippen molar-refractivity contribution in [1.82, 2.24) is 0 Å². The first-order chi connectivity index (χ1) is 14.3. The molecule has 0 bridgehead atoms. The van der Waals surface area contributed by atoms with Crippen LogP contribution < -0.4 is 15.0 Å². The van der Waals surface area contributed by atoms with Crippen molar-refractivity contribution in [3.8, 4) is 11.5 Å². The maximum Gasteiger partial charge on any atom is 0.308 e. The fourth-order valence-corrected chi connectivity index (χ4v) is 3.15. The summed E-state index contributed by atoms with van der Waals surface area (Å²) in [7, 11) is 2.93. The van der Waals surface area contributed by atoms with E-state index < -0.39 is 6.10 Å². The molecule has 0 radical (unpaired) electrons. The first kappa shape index (κ1) is 23.2. The first-order valence-electron chi connectivity index (χ1n) is 9.57. The van der Waals surface area contributed by atoms with Gasteiger partial charge in [0.05, 0.1) is 36.6 Å². The lowest BCUT2D eigenvalue weighted by Gasteiger charge is -2.24. The van der Waals surface area contributed by atoms with Gasteiger partial charge < -0.3 is 14.2 Å². The van der Waals surface area contributed by atoms with Crippen LogP contribution in [0.15, 0.2) is 35.0 Å². The zero-order valence-corrected chi connectivity index (χ0v) is 18.1. The second-order valence-electron chi connectivity index (χ2n) is 7.38. The van der Waals surface area contributed by atoms with E-state index in [1.54, 1.807) is 19.9 Å². The SMILES string of the molecule is COc1cc([C@H](CC=C(C)C)OC(=O)C(C)C)c(OC)c2c(N=O)ccc(NO)c12. The van der Waals surface area contributed by atoms with Crippen LogP contribution in [-0.4, -0.2) is 25.4 Å². The molecule has 1 atom stereocenters. The predicted molar refractivity (Wildman–Crippen MR) is 116 cm³/mol. The highest BCUT2D eigenvalue weighted by molar-refractivity contribution is 6.08. The molecule has 0 saturated carbocycles. The number of carbonyl (C=O) groups is 1. The van der Waals surface area contributed by atoms with Crippen LogP contribution in [-0.2, 0) is 9.53 Å². The zero-order valence-electron chi connectivity index (χ0n) is 18.1. The Morgan fingerprint density at radius 1 is 1.20 bits per heavy atom. The number of nitroso groups, excluding NO2 is 1. The molecule has 0 aliphatic carbocycles. The number of hydrogen-bond acceptors (Lipinski definition) is 8. The quantitative estimate of drug-likeness (QED) is 0.235. The minimum atomic E-state index is -0.673. The van der Waals surface area contributed by atoms with Gasteiger partial charge in [-0.15, -0.1) is 4.91 Å². The number of methoxy groups -OCH3 is 2. The van der Waals surface area contributed by atoms with Crippen LogP contribution in [0, 0.1) is 10.8 Å². The van der Waals surface area contributed by atoms with E-state index in [1.165, 1.54) is 26.4 Å². The van der Waals surface area contributed by atoms with Gasteiger partial charge in [0.15, 0.2) is 0 Å². The van der Waals surface area contributed by atoms with Crippen molar-refractivity contribution in [3.05, 3.63) is 40.3 Å². The minimum Gasteiger partial charge on any atom is -0.496 e. The molecule has 0 saturated heterocycles. The van der Waals surface area contributed by atoms with Gasteiger partial charge in [0.25, 0.3) is 0 Å². The van der Waals surface area contributed by atoms with Gasteiger partial charge in [0, 0.05) is 12.0 Å². The van der Waals surface area contributed by atoms with E-state index in [2.05, 4.69) is 10.7 Å². The van der Waals surface area contributed by atoms with Gasteiger partial charge in [-0.1, -0.05) is 25.5 Å². The number of benzene rings is 2. The number of ether oxygens (including phenoxy) is 3. The summed E-state index contributed by atoms with van der Waals surface area (Å²) in [6.07, 6.45) is 1.69. The molecule has 0 aliphatic rings. The number of fused-ring (bicyclic) bond motifs is 1. The average molecular weight is 416 g/mol. The largest absolute Gasteiger partial charge is 0.496 e. The van der Waals surface area contributed by atoms with Gasteiger partial charge in [-0.25, -0.2) is 0 Å². The molecule has 8 heteroatoms. The Hall–Kier alpha value is -3.13. The fourth-order valence-electron chi connectivity index (χ4n) is 3.15. The molecule has 0 fully saturated rings. The smallest absolute Gasteiger partial charge is 0.308 e. The van der Waals surface area contributed by atoms with E-state index in [9.17, 15) is 14.9 Å². The number of allylic oxidation sites excluding steroid dienone is 1. The van der Waals surface area contributed by atoms with E-state index in [4.69, 9.17) is 14.2 Å². The summed E-state index contributed by atoms with van der Waals surface area (Å²) < 4.78 is 17.0. The summed E-state index contributed by atoms with van der Waals surface area (Å²) in [4.78, 5) is 23.9. The van der Waals surface area contributed by atoms with E-state index >= 15 is 0 Å². The number of nitrogens with one attached hydrogen (secondary N) is 1. The van der Waals surface area contributed by atoms with Crippen molar-refractivity contribution in [2.24, 2.45) is 11.1 Å². The van der Waals surface area contributed by atoms with E-state index in [-0.39, 0.29) is 17.6 Å². The average Bonchev–Trinajstić information content (AvgIpc) is 2.73. The Bertz CT molecular complexity index is 964. The summed E-state index contributed by atoms with van der Waals surface area (Å²) in [6, 6.07) is 4.67. The minimum absolute atomic E-state index is 0.108. The Labute approximate surface area is 175 Å². The molecule has 30 heavy (non-hydrogen) atoms. The molecule has 8 nitrogen and oxygen atoms in total. The number of esters is 1. The van der Waals surface area contributed by atoms with Gasteiger partial charge in [-0.2, -0.15) is 0 Å². The lowest BCUT2D eigenvalue weighted by molar-refractivity contribution is -0.153. The van der Waals surface area contributed by atoms with Crippen LogP contribution in [0.1, 0.15) is 45.8 Å². The third kappa shape index (κ3) is 4.71. The Morgan fingerprint density at radius 3 is 2.40 bits per heavy atom. The van der Waals surface area contributed by atoms with E-state index in [0.717, 1.165) is 5.57 Å². The Kier molecular flexibility index (Phi) is 7.77. The van der Waals surface area contributed by atoms with Crippen molar-refractivity contribution >= 4 is 28.1 Å². The van der Waals surface area contributed by atoms with Gasteiger partial charge in [0.1, 0.15) is 23.3 Å². The number of carbonyl (C=O) groups excluding carboxylic acids is 1. The Balaban J connectivity index is 2.86. The zero-order chi connectivity index (χ0) is 22.4. The third-order valence-corrected chi connectivity index (χ3v) is 4.67. The molecule has 0 amide bonds. The molecule has 0 aliphatic heterocycles. The topological polar surface area (TPSA) is 106 Å². The molecule has 0 heterocycles. The molecule has 2 N–H and O–H groups in total. The highest BCUT2D eigenvalue weighted by Gasteiger charge is 2.27. The van der Waals surface area contributed by atoms with Gasteiger partial charge in [-0.05, 0) is 37.2 Å². The van der Waals surface area contributed by atoms with Crippen molar-refractivity contribution in [1.29, 1.82) is 0 Å². The number of rotatable bonds is 9. The van der Waals surface area contributed by atoms with Crippen molar-refractivity contribution < 1.29 is 24.2 Å². The lowest BCUT2D eigenvalue weighted by atomic mass is 9.96. The maximum atomic E-state index is 12.4. The molecule has 0 unspecified atom stereocenters. The van der Waals surface area contributed by atoms with E-state index in [1.807, 2.05) is 19.9 Å². The van der Waals surface area contributed by atoms with Crippen molar-refractivity contribution in [2.75, 3.05) is 19.7 Å². The third-order valence-electron chi connectivity index (χ3n) is 4.67. The van der Waals surface area contributed by atoms with Crippen molar-refractivity contribution in [3.63, 3.8) is 0 Å². The highest BCUT2D eigenvalue weighted by Crippen LogP contribution is 2.48. The van der Waals surface area contributed by atoms with Gasteiger partial charge in [0.2, 0.25) is 0 Å². The van der Waals surface area contributed by atoms with E-state index in [0.29, 0.717) is 39.9 Å². The predicted octanol–water partition coefficient (Wildman–Crippen LogP) is 5.65. The lowest BCUT2D eigenvalue weighted by Crippen LogP contribution is -2.17. The van der Waals surface area contributed by atoms with Crippen LogP contribution in [0.5, 0.6) is 11.5 Å². The molecular weight excluding hydrogens is 388 g/mol. The van der Waals surface area contributed by atoms with Crippen LogP contribution in [0.3, 0.4) is 0 Å². The monoisotopic (exact) mass is 416 g/mol. The van der Waals surface area contributed by atoms with Gasteiger partial charge >= 0.3 is 5.97 Å². The number of anilines is 1. The first-order valence-corrected chi connectivity index (χ1v) is 9.57. The van der Waals surface area contributed by atoms with Crippen LogP contribution in [0.25, 0.3) is 10.8 Å². The van der Waals surface area contributed by atoms with Crippen LogP contribution in [0.2, 0.25) is 0 Å². The molecule has 2 rings (SSSR count). The molecule has 2 aromatic carbocycles. The summed E-state index contributed by atoms with van der Waals surface area (Å²) in [6.45, 7) is 7.42. The molecule has 162 valence electrons. The van der Waals surface area contributed by atoms with Crippen molar-refractivity contribution in [2.45, 2.75) is 40.2 Å². The Morgan fingerprint density at radius 2 is 1.90 bits per heavy atom. The summed E-state index contributed by atoms with van der Waals surface area (Å²) in [5, 5.41) is 13.4. The second-order valence-corrected chi connectivity index (χ2v) is 7.38. The fraction of sp³-hybridized carbons (Fsp3) is 0.409. The highest BCUT2D eigenvalue weighted by atomic mass is 16.5. The second kappa shape index (κ2) is 10.1. The number of nitrogens with zero attached hydrogens (tertiary/aromatic N) is 1. The van der Waals surface area contributed by atoms with Crippen LogP contribution >= 0.6 is 0 Å². The summed E-state index contributed by atoms with van der Waals surface area (Å²) >= 11 is 0. The van der Waals surface area contributed by atoms with Gasteiger partial charge in [-0.3, -0.25) is 15.5 Å². The molecule has 0 aromatic heterocycles. The normalized spacial score (nSPS) is 11.7. The standard InChI is InChI=1S/C22H28N2O6/c1-12(2)7-10-17(30-22(25)13(3)4)14-11-18(28-5)19-15(23-26)8-9-16(24-27)20(19)21(14)29-6/h7-9,11,13,17,23,26H,10H2,1-6H3/t17-/m0/s1. The summed E-state index contributed by atoms with van der Waals surface area (Å²) in [5.41, 5.74) is 4.14. The number of hydrogen-bond donors (Lipinski definition) is 2. The molecule has 2 aromatic rings. The maximum absolute atomic E-state index is 12.4. The summed E-state index contributed by atoms with van der Waals surface area (Å²) in [5.74, 6) is 0.0135. The molecule has 0 spiro atoms.